The summed E-state index contributed by atoms with van der Waals surface area (Å²) in [4.78, 5) is 86.2. The first kappa shape index (κ1) is 110. The molecule has 14 heteroatoms. The van der Waals surface area contributed by atoms with Crippen molar-refractivity contribution in [3.05, 3.63) is 0 Å². The average molecular weight is 1600 g/mol. The number of esters is 4. The SMILES string of the molecule is CCCCCCCCCCCOC(=O)C(C)(C)CCCCN(CCCCCCC(C)(C)C(=O)OC(CCCCCCCC)CCCCCCCC)CCNC(=O)CC(=O)NCCN(CCCCCCC(C)(C)C(=O)OC(CCCCCCCC)CCCCCCCC)CCCCC(C)(C)C(=O)OCCCCCCCCCCC. The van der Waals surface area contributed by atoms with E-state index in [1.807, 2.05) is 27.7 Å². The van der Waals surface area contributed by atoms with E-state index >= 15 is 0 Å². The summed E-state index contributed by atoms with van der Waals surface area (Å²) in [6.45, 7) is 36.4. The van der Waals surface area contributed by atoms with E-state index in [9.17, 15) is 28.8 Å². The number of hydrogen-bond donors (Lipinski definition) is 2. The average Bonchev–Trinajstić information content (AvgIpc) is 0.874. The van der Waals surface area contributed by atoms with Gasteiger partial charge < -0.3 is 39.4 Å². The Labute approximate surface area is 701 Å². The Bertz CT molecular complexity index is 2040. The molecule has 0 bridgehead atoms. The van der Waals surface area contributed by atoms with Gasteiger partial charge >= 0.3 is 23.9 Å². The Hall–Kier alpha value is -3.26. The van der Waals surface area contributed by atoms with E-state index in [0.29, 0.717) is 39.4 Å². The van der Waals surface area contributed by atoms with Crippen LogP contribution in [0.3, 0.4) is 0 Å². The van der Waals surface area contributed by atoms with Crippen molar-refractivity contribution >= 4 is 35.7 Å². The molecule has 0 aromatic rings. The van der Waals surface area contributed by atoms with Crippen LogP contribution in [0.25, 0.3) is 0 Å². The summed E-state index contributed by atoms with van der Waals surface area (Å²) in [6, 6.07) is 0. The maximum atomic E-state index is 13.8. The number of carbonyl (C=O) groups is 6. The summed E-state index contributed by atoms with van der Waals surface area (Å²) in [6.07, 6.45) is 70.1. The van der Waals surface area contributed by atoms with Gasteiger partial charge in [-0.2, -0.15) is 0 Å². The standard InChI is InChI=1S/C99H192N4O10/c1-15-21-27-33-39-41-43-53-67-85-110-92(106)96(7,8)75-61-65-81-102(79-63-51-49-59-73-98(11,12)94(108)112-88(69-55-45-35-29-23-17-3)70-56-46-36-30-24-18-4)83-77-100-90(104)87-91(105)101-78-84-103(82-66-62-76-97(9,10)93(107)111-86-68-54-44-42-40-34-28-22-16-2)80-64-52-50-60-74-99(13,14)95(109)113-89(71-57-47-37-31-25-19-5)72-58-48-38-32-26-20-6/h88-89H,15-87H2,1-14H3,(H,100,104)(H,101,105). The van der Waals surface area contributed by atoms with E-state index in [-0.39, 0.29) is 54.3 Å². The predicted octanol–water partition coefficient (Wildman–Crippen LogP) is 27.5. The van der Waals surface area contributed by atoms with Crippen LogP contribution in [0.4, 0.5) is 0 Å². The Balaban J connectivity index is 5.91. The van der Waals surface area contributed by atoms with E-state index in [2.05, 4.69) is 89.7 Å². The van der Waals surface area contributed by atoms with Gasteiger partial charge in [-0.25, -0.2) is 0 Å². The Kier molecular flexibility index (Phi) is 72.8. The molecule has 0 atom stereocenters. The second-order valence-electron chi connectivity index (χ2n) is 37.5. The van der Waals surface area contributed by atoms with Crippen molar-refractivity contribution < 1.29 is 47.7 Å². The minimum Gasteiger partial charge on any atom is -0.465 e. The molecule has 668 valence electrons. The predicted molar refractivity (Wildman–Crippen MR) is 481 cm³/mol. The molecule has 0 unspecified atom stereocenters. The van der Waals surface area contributed by atoms with E-state index in [0.717, 1.165) is 206 Å². The van der Waals surface area contributed by atoms with Crippen molar-refractivity contribution in [2.45, 2.75) is 514 Å². The van der Waals surface area contributed by atoms with Gasteiger partial charge in [0.2, 0.25) is 11.8 Å². The summed E-state index contributed by atoms with van der Waals surface area (Å²) in [5, 5.41) is 6.15. The van der Waals surface area contributed by atoms with Crippen molar-refractivity contribution in [3.8, 4) is 0 Å². The lowest BCUT2D eigenvalue weighted by Gasteiger charge is -2.27. The summed E-state index contributed by atoms with van der Waals surface area (Å²) < 4.78 is 24.4. The van der Waals surface area contributed by atoms with Crippen LogP contribution in [0.2, 0.25) is 0 Å². The fourth-order valence-electron chi connectivity index (χ4n) is 15.7. The smallest absolute Gasteiger partial charge is 0.311 e. The quantitative estimate of drug-likeness (QED) is 0.0256. The van der Waals surface area contributed by atoms with Gasteiger partial charge in [-0.3, -0.25) is 28.8 Å². The minimum absolute atomic E-state index is 0.00883. The molecule has 0 rings (SSSR count). The minimum atomic E-state index is -0.566. The van der Waals surface area contributed by atoms with Crippen molar-refractivity contribution in [1.29, 1.82) is 0 Å². The first-order valence-corrected chi connectivity index (χ1v) is 49.2. The number of nitrogens with zero attached hydrogens (tertiary/aromatic N) is 2. The Morgan fingerprint density at radius 2 is 0.451 bits per heavy atom. The molecule has 0 aliphatic heterocycles. The number of hydrogen-bond acceptors (Lipinski definition) is 12. The highest BCUT2D eigenvalue weighted by Crippen LogP contribution is 2.32. The number of ether oxygens (including phenoxy) is 4. The highest BCUT2D eigenvalue weighted by Gasteiger charge is 2.34. The molecule has 0 saturated heterocycles. The van der Waals surface area contributed by atoms with Gasteiger partial charge in [0.05, 0.1) is 34.9 Å². The lowest BCUT2D eigenvalue weighted by atomic mass is 9.86. The third-order valence-corrected chi connectivity index (χ3v) is 24.2. The Morgan fingerprint density at radius 1 is 0.248 bits per heavy atom. The van der Waals surface area contributed by atoms with Gasteiger partial charge in [0.1, 0.15) is 18.6 Å². The lowest BCUT2D eigenvalue weighted by Crippen LogP contribution is -2.40. The van der Waals surface area contributed by atoms with Gasteiger partial charge in [-0.1, -0.05) is 324 Å². The number of amides is 2. The van der Waals surface area contributed by atoms with Crippen LogP contribution in [0.1, 0.15) is 501 Å². The van der Waals surface area contributed by atoms with E-state index < -0.39 is 21.7 Å². The lowest BCUT2D eigenvalue weighted by molar-refractivity contribution is -0.161. The second-order valence-corrected chi connectivity index (χ2v) is 37.5. The van der Waals surface area contributed by atoms with Crippen LogP contribution in [0, 0.1) is 21.7 Å². The van der Waals surface area contributed by atoms with E-state index in [4.69, 9.17) is 18.9 Å². The topological polar surface area (TPSA) is 170 Å². The molecular formula is C99H192N4O10. The summed E-state index contributed by atoms with van der Waals surface area (Å²) in [7, 11) is 0. The molecule has 0 spiro atoms. The Morgan fingerprint density at radius 3 is 0.717 bits per heavy atom. The molecule has 113 heavy (non-hydrogen) atoms. The molecule has 0 aliphatic rings. The number of carbonyl (C=O) groups excluding carboxylic acids is 6. The second kappa shape index (κ2) is 75.0. The van der Waals surface area contributed by atoms with Crippen LogP contribution in [0.5, 0.6) is 0 Å². The van der Waals surface area contributed by atoms with E-state index in [1.54, 1.807) is 0 Å². The fraction of sp³-hybridized carbons (Fsp3) is 0.939. The van der Waals surface area contributed by atoms with Crippen molar-refractivity contribution in [1.82, 2.24) is 20.4 Å². The zero-order valence-electron chi connectivity index (χ0n) is 77.8. The molecule has 0 radical (unpaired) electrons. The van der Waals surface area contributed by atoms with Crippen molar-refractivity contribution in [2.24, 2.45) is 21.7 Å². The molecule has 0 saturated carbocycles. The number of unbranched alkanes of at least 4 members (excludes halogenated alkanes) is 44. The van der Waals surface area contributed by atoms with Gasteiger partial charge in [-0.05, 0) is 197 Å². The third-order valence-electron chi connectivity index (χ3n) is 24.2. The van der Waals surface area contributed by atoms with Gasteiger partial charge in [0.25, 0.3) is 0 Å². The maximum Gasteiger partial charge on any atom is 0.311 e. The molecule has 2 amide bonds. The van der Waals surface area contributed by atoms with Crippen molar-refractivity contribution in [2.75, 3.05) is 65.6 Å². The number of nitrogens with one attached hydrogen (secondary N) is 2. The molecule has 0 heterocycles. The summed E-state index contributed by atoms with van der Waals surface area (Å²) in [5.41, 5.74) is -2.21. The van der Waals surface area contributed by atoms with Crippen LogP contribution < -0.4 is 10.6 Å². The van der Waals surface area contributed by atoms with Crippen molar-refractivity contribution in [3.63, 3.8) is 0 Å². The largest absolute Gasteiger partial charge is 0.465 e. The molecule has 0 aliphatic carbocycles. The van der Waals surface area contributed by atoms with Crippen LogP contribution >= 0.6 is 0 Å². The first-order valence-electron chi connectivity index (χ1n) is 49.2. The third kappa shape index (κ3) is 66.3. The molecule has 14 nitrogen and oxygen atoms in total. The monoisotopic (exact) mass is 1600 g/mol. The highest BCUT2D eigenvalue weighted by molar-refractivity contribution is 5.96. The van der Waals surface area contributed by atoms with Crippen LogP contribution in [-0.4, -0.2) is 123 Å². The molecule has 0 fully saturated rings. The highest BCUT2D eigenvalue weighted by atomic mass is 16.6. The summed E-state index contributed by atoms with van der Waals surface area (Å²) in [5.74, 6) is -0.883. The zero-order valence-corrected chi connectivity index (χ0v) is 77.8. The first-order chi connectivity index (χ1) is 54.4. The zero-order chi connectivity index (χ0) is 83.6. The number of rotatable bonds is 86. The summed E-state index contributed by atoms with van der Waals surface area (Å²) >= 11 is 0. The molecule has 0 aromatic heterocycles. The van der Waals surface area contributed by atoms with E-state index in [1.165, 1.54) is 218 Å². The molecule has 2 N–H and O–H groups in total. The molecule has 0 aromatic carbocycles. The van der Waals surface area contributed by atoms with Crippen LogP contribution in [-0.2, 0) is 47.7 Å². The fourth-order valence-corrected chi connectivity index (χ4v) is 15.7. The van der Waals surface area contributed by atoms with Gasteiger partial charge in [0.15, 0.2) is 0 Å². The normalized spacial score (nSPS) is 12.3. The van der Waals surface area contributed by atoms with Crippen LogP contribution in [0.15, 0.2) is 0 Å². The molecular weight excluding hydrogens is 1410 g/mol. The maximum absolute atomic E-state index is 13.8. The van der Waals surface area contributed by atoms with Gasteiger partial charge in [-0.15, -0.1) is 0 Å². The van der Waals surface area contributed by atoms with Gasteiger partial charge in [0, 0.05) is 26.2 Å².